The predicted octanol–water partition coefficient (Wildman–Crippen LogP) is 2.86. The van der Waals surface area contributed by atoms with Gasteiger partial charge in [-0.1, -0.05) is 30.3 Å². The summed E-state index contributed by atoms with van der Waals surface area (Å²) in [7, 11) is 1.90. The number of aryl methyl sites for hydroxylation is 1. The Balaban J connectivity index is 1.49. The van der Waals surface area contributed by atoms with Crippen molar-refractivity contribution in [3.8, 4) is 0 Å². The first-order valence-corrected chi connectivity index (χ1v) is 9.76. The van der Waals surface area contributed by atoms with Crippen molar-refractivity contribution in [2.75, 3.05) is 13.1 Å². The summed E-state index contributed by atoms with van der Waals surface area (Å²) >= 11 is 0. The molecule has 1 unspecified atom stereocenters. The Bertz CT molecular complexity index is 849. The Kier molecular flexibility index (Phi) is 6.29. The summed E-state index contributed by atoms with van der Waals surface area (Å²) in [4.78, 5) is 26.8. The lowest BCUT2D eigenvalue weighted by atomic mass is 9.95. The Hall–Kier alpha value is -2.89. The molecule has 2 amide bonds. The molecule has 6 heteroatoms. The maximum Gasteiger partial charge on any atom is 0.246 e. The zero-order valence-corrected chi connectivity index (χ0v) is 16.8. The molecule has 1 N–H and O–H groups in total. The number of benzene rings is 1. The van der Waals surface area contributed by atoms with Crippen LogP contribution in [0, 0.1) is 12.8 Å². The van der Waals surface area contributed by atoms with Gasteiger partial charge in [-0.05, 0) is 38.3 Å². The van der Waals surface area contributed by atoms with Crippen LogP contribution in [0.15, 0.2) is 42.6 Å². The summed E-state index contributed by atoms with van der Waals surface area (Å²) in [5, 5.41) is 7.34. The highest BCUT2D eigenvalue weighted by Crippen LogP contribution is 2.21. The fourth-order valence-corrected chi connectivity index (χ4v) is 3.55. The number of amides is 2. The first kappa shape index (κ1) is 19.9. The highest BCUT2D eigenvalue weighted by Gasteiger charge is 2.27. The highest BCUT2D eigenvalue weighted by molar-refractivity contribution is 5.92. The fraction of sp³-hybridized carbons (Fsp3) is 0.409. The van der Waals surface area contributed by atoms with Crippen LogP contribution in [0.1, 0.15) is 42.6 Å². The number of hydrogen-bond donors (Lipinski definition) is 1. The normalized spacial score (nSPS) is 16.3. The summed E-state index contributed by atoms with van der Waals surface area (Å²) in [5.74, 6) is 0.00586. The molecule has 0 saturated carbocycles. The lowest BCUT2D eigenvalue weighted by Gasteiger charge is -2.31. The van der Waals surface area contributed by atoms with Crippen molar-refractivity contribution >= 4 is 17.9 Å². The molecule has 1 atom stereocenters. The molecule has 1 aliphatic rings. The molecule has 0 spiro atoms. The van der Waals surface area contributed by atoms with Crippen LogP contribution in [0.2, 0.25) is 0 Å². The van der Waals surface area contributed by atoms with Gasteiger partial charge in [-0.3, -0.25) is 14.3 Å². The second-order valence-corrected chi connectivity index (χ2v) is 7.38. The van der Waals surface area contributed by atoms with Crippen molar-refractivity contribution in [1.29, 1.82) is 0 Å². The average molecular weight is 380 g/mol. The van der Waals surface area contributed by atoms with Gasteiger partial charge < -0.3 is 10.2 Å². The van der Waals surface area contributed by atoms with E-state index in [0.29, 0.717) is 25.9 Å². The minimum atomic E-state index is -0.0744. The van der Waals surface area contributed by atoms with Gasteiger partial charge in [0.25, 0.3) is 0 Å². The van der Waals surface area contributed by atoms with Gasteiger partial charge in [0.2, 0.25) is 11.8 Å². The lowest BCUT2D eigenvalue weighted by Crippen LogP contribution is -2.43. The van der Waals surface area contributed by atoms with Gasteiger partial charge in [0.05, 0.1) is 12.2 Å². The number of rotatable bonds is 5. The lowest BCUT2D eigenvalue weighted by molar-refractivity contribution is -0.132. The van der Waals surface area contributed by atoms with E-state index in [1.165, 1.54) is 0 Å². The number of nitrogens with one attached hydrogen (secondary N) is 1. The summed E-state index contributed by atoms with van der Waals surface area (Å²) in [6, 6.07) is 9.70. The Morgan fingerprint density at radius 3 is 2.50 bits per heavy atom. The quantitative estimate of drug-likeness (QED) is 0.811. The van der Waals surface area contributed by atoms with E-state index in [4.69, 9.17) is 0 Å². The molecular weight excluding hydrogens is 352 g/mol. The number of piperidine rings is 1. The Morgan fingerprint density at radius 1 is 1.21 bits per heavy atom. The van der Waals surface area contributed by atoms with Gasteiger partial charge >= 0.3 is 0 Å². The molecule has 0 radical (unpaired) electrons. The Morgan fingerprint density at radius 2 is 1.89 bits per heavy atom. The summed E-state index contributed by atoms with van der Waals surface area (Å²) in [6.45, 7) is 5.19. The van der Waals surface area contributed by atoms with Crippen molar-refractivity contribution in [3.05, 3.63) is 59.4 Å². The number of hydrogen-bond acceptors (Lipinski definition) is 3. The topological polar surface area (TPSA) is 67.2 Å². The summed E-state index contributed by atoms with van der Waals surface area (Å²) in [6.07, 6.45) is 6.63. The van der Waals surface area contributed by atoms with Crippen LogP contribution in [-0.4, -0.2) is 39.6 Å². The van der Waals surface area contributed by atoms with Crippen LogP contribution in [-0.2, 0) is 16.6 Å². The molecule has 1 aromatic carbocycles. The van der Waals surface area contributed by atoms with E-state index in [2.05, 4.69) is 10.4 Å². The van der Waals surface area contributed by atoms with E-state index in [1.54, 1.807) is 12.3 Å². The second-order valence-electron chi connectivity index (χ2n) is 7.38. The smallest absolute Gasteiger partial charge is 0.246 e. The standard InChI is InChI=1S/C22H28N4O2/c1-16(20-15-23-25(3)17(20)2)24-22(28)19-11-13-26(14-12-19)21(27)10-9-18-7-5-4-6-8-18/h4-10,15-16,19H,11-14H2,1-3H3,(H,24,28)/b10-9+. The number of aromatic nitrogens is 2. The molecule has 6 nitrogen and oxygen atoms in total. The number of nitrogens with zero attached hydrogens (tertiary/aromatic N) is 3. The summed E-state index contributed by atoms with van der Waals surface area (Å²) < 4.78 is 1.81. The highest BCUT2D eigenvalue weighted by atomic mass is 16.2. The van der Waals surface area contributed by atoms with Gasteiger partial charge in [-0.25, -0.2) is 0 Å². The van der Waals surface area contributed by atoms with Crippen LogP contribution in [0.4, 0.5) is 0 Å². The average Bonchev–Trinajstić information content (AvgIpc) is 3.05. The van der Waals surface area contributed by atoms with Gasteiger partial charge in [0, 0.05) is 43.4 Å². The monoisotopic (exact) mass is 380 g/mol. The van der Waals surface area contributed by atoms with Crippen molar-refractivity contribution in [1.82, 2.24) is 20.0 Å². The van der Waals surface area contributed by atoms with Crippen molar-refractivity contribution < 1.29 is 9.59 Å². The third-order valence-electron chi connectivity index (χ3n) is 5.49. The van der Waals surface area contributed by atoms with Crippen molar-refractivity contribution in [2.24, 2.45) is 13.0 Å². The first-order chi connectivity index (χ1) is 13.5. The zero-order chi connectivity index (χ0) is 20.1. The molecule has 1 fully saturated rings. The molecular formula is C22H28N4O2. The molecule has 1 aromatic heterocycles. The van der Waals surface area contributed by atoms with E-state index in [-0.39, 0.29) is 23.8 Å². The van der Waals surface area contributed by atoms with Crippen molar-refractivity contribution in [3.63, 3.8) is 0 Å². The molecule has 1 saturated heterocycles. The van der Waals surface area contributed by atoms with E-state index in [9.17, 15) is 9.59 Å². The molecule has 3 rings (SSSR count). The maximum atomic E-state index is 12.6. The van der Waals surface area contributed by atoms with Crippen LogP contribution in [0.25, 0.3) is 6.08 Å². The van der Waals surface area contributed by atoms with Gasteiger partial charge in [0.1, 0.15) is 0 Å². The van der Waals surface area contributed by atoms with Gasteiger partial charge in [-0.15, -0.1) is 0 Å². The van der Waals surface area contributed by atoms with E-state index in [1.807, 2.05) is 66.9 Å². The number of carbonyl (C=O) groups is 2. The minimum Gasteiger partial charge on any atom is -0.349 e. The zero-order valence-electron chi connectivity index (χ0n) is 16.8. The minimum absolute atomic E-state index is 0.00191. The van der Waals surface area contributed by atoms with Crippen LogP contribution >= 0.6 is 0 Å². The Labute approximate surface area is 166 Å². The molecule has 0 bridgehead atoms. The molecule has 2 aromatic rings. The summed E-state index contributed by atoms with van der Waals surface area (Å²) in [5.41, 5.74) is 3.10. The molecule has 28 heavy (non-hydrogen) atoms. The predicted molar refractivity (Wildman–Crippen MR) is 109 cm³/mol. The SMILES string of the molecule is Cc1c(C(C)NC(=O)C2CCN(C(=O)/C=C/c3ccccc3)CC2)cnn1C. The molecule has 148 valence electrons. The second kappa shape index (κ2) is 8.87. The number of carbonyl (C=O) groups excluding carboxylic acids is 2. The molecule has 1 aliphatic heterocycles. The molecule has 0 aliphatic carbocycles. The van der Waals surface area contributed by atoms with E-state index in [0.717, 1.165) is 16.8 Å². The van der Waals surface area contributed by atoms with Gasteiger partial charge in [-0.2, -0.15) is 5.10 Å². The van der Waals surface area contributed by atoms with Gasteiger partial charge in [0.15, 0.2) is 0 Å². The maximum absolute atomic E-state index is 12.6. The van der Waals surface area contributed by atoms with Crippen LogP contribution in [0.3, 0.4) is 0 Å². The molecule has 2 heterocycles. The van der Waals surface area contributed by atoms with E-state index < -0.39 is 0 Å². The van der Waals surface area contributed by atoms with Crippen LogP contribution < -0.4 is 5.32 Å². The van der Waals surface area contributed by atoms with Crippen molar-refractivity contribution in [2.45, 2.75) is 32.7 Å². The fourth-order valence-electron chi connectivity index (χ4n) is 3.55. The van der Waals surface area contributed by atoms with E-state index >= 15 is 0 Å². The first-order valence-electron chi connectivity index (χ1n) is 9.76. The number of likely N-dealkylation sites (tertiary alicyclic amines) is 1. The third kappa shape index (κ3) is 4.68. The largest absolute Gasteiger partial charge is 0.349 e. The van der Waals surface area contributed by atoms with Crippen LogP contribution in [0.5, 0.6) is 0 Å². The third-order valence-corrected chi connectivity index (χ3v) is 5.49.